The number of carboxylic acid groups (broad SMARTS) is 1. The van der Waals surface area contributed by atoms with Crippen LogP contribution in [-0.2, 0) is 4.79 Å². The molecule has 2 saturated heterocycles. The molecule has 2 fully saturated rings. The van der Waals surface area contributed by atoms with Crippen molar-refractivity contribution in [3.05, 3.63) is 0 Å². The smallest absolute Gasteiger partial charge is 0.307 e. The molecule has 15 heavy (non-hydrogen) atoms. The van der Waals surface area contributed by atoms with Crippen molar-refractivity contribution in [1.82, 2.24) is 10.2 Å². The van der Waals surface area contributed by atoms with Crippen molar-refractivity contribution in [3.8, 4) is 0 Å². The van der Waals surface area contributed by atoms with Crippen molar-refractivity contribution in [2.75, 3.05) is 26.2 Å². The Morgan fingerprint density at radius 3 is 2.67 bits per heavy atom. The molecule has 86 valence electrons. The number of likely N-dealkylation sites (tertiary alicyclic amines) is 1. The van der Waals surface area contributed by atoms with Gasteiger partial charge in [-0.3, -0.25) is 9.69 Å². The number of rotatable bonds is 2. The largest absolute Gasteiger partial charge is 0.481 e. The molecule has 0 bridgehead atoms. The van der Waals surface area contributed by atoms with E-state index in [1.807, 2.05) is 0 Å². The van der Waals surface area contributed by atoms with E-state index in [9.17, 15) is 4.79 Å². The minimum atomic E-state index is -0.617. The van der Waals surface area contributed by atoms with Crippen LogP contribution in [0.1, 0.15) is 25.7 Å². The number of carbonyl (C=O) groups is 1. The van der Waals surface area contributed by atoms with Crippen LogP contribution in [0.2, 0.25) is 0 Å². The van der Waals surface area contributed by atoms with Crippen LogP contribution >= 0.6 is 0 Å². The molecule has 2 aliphatic heterocycles. The van der Waals surface area contributed by atoms with E-state index in [4.69, 9.17) is 5.11 Å². The second-order valence-corrected chi connectivity index (χ2v) is 4.65. The molecular formula is C11H20N2O2. The first-order chi connectivity index (χ1) is 7.27. The third-order valence-corrected chi connectivity index (χ3v) is 3.63. The second-order valence-electron chi connectivity index (χ2n) is 4.65. The summed E-state index contributed by atoms with van der Waals surface area (Å²) in [6.45, 7) is 4.02. The van der Waals surface area contributed by atoms with E-state index in [-0.39, 0.29) is 5.92 Å². The van der Waals surface area contributed by atoms with Gasteiger partial charge in [-0.25, -0.2) is 0 Å². The minimum Gasteiger partial charge on any atom is -0.481 e. The monoisotopic (exact) mass is 212 g/mol. The van der Waals surface area contributed by atoms with Gasteiger partial charge in [-0.15, -0.1) is 0 Å². The van der Waals surface area contributed by atoms with Gasteiger partial charge >= 0.3 is 5.97 Å². The molecule has 0 unspecified atom stereocenters. The van der Waals surface area contributed by atoms with Gasteiger partial charge in [-0.2, -0.15) is 0 Å². The minimum absolute atomic E-state index is 0.131. The highest BCUT2D eigenvalue weighted by atomic mass is 16.4. The Morgan fingerprint density at radius 1 is 1.27 bits per heavy atom. The van der Waals surface area contributed by atoms with E-state index < -0.39 is 5.97 Å². The van der Waals surface area contributed by atoms with Gasteiger partial charge < -0.3 is 10.4 Å². The third-order valence-electron chi connectivity index (χ3n) is 3.63. The van der Waals surface area contributed by atoms with Crippen molar-refractivity contribution in [2.45, 2.75) is 31.7 Å². The number of nitrogens with zero attached hydrogens (tertiary/aromatic N) is 1. The summed E-state index contributed by atoms with van der Waals surface area (Å²) in [6.07, 6.45) is 4.25. The Morgan fingerprint density at radius 2 is 2.00 bits per heavy atom. The highest BCUT2D eigenvalue weighted by molar-refractivity contribution is 5.70. The fourth-order valence-electron chi connectivity index (χ4n) is 2.71. The summed E-state index contributed by atoms with van der Waals surface area (Å²) in [6, 6.07) is 0.619. The molecule has 2 rings (SSSR count). The summed E-state index contributed by atoms with van der Waals surface area (Å²) in [7, 11) is 0. The Kier molecular flexibility index (Phi) is 3.59. The van der Waals surface area contributed by atoms with Crippen LogP contribution < -0.4 is 5.32 Å². The van der Waals surface area contributed by atoms with Crippen LogP contribution in [-0.4, -0.2) is 48.2 Å². The zero-order valence-corrected chi connectivity index (χ0v) is 9.11. The maximum absolute atomic E-state index is 10.9. The quantitative estimate of drug-likeness (QED) is 0.701. The zero-order chi connectivity index (χ0) is 10.7. The number of nitrogens with one attached hydrogen (secondary N) is 1. The number of aliphatic carboxylic acids is 1. The lowest BCUT2D eigenvalue weighted by molar-refractivity contribution is -0.144. The average Bonchev–Trinajstić information content (AvgIpc) is 2.30. The van der Waals surface area contributed by atoms with Gasteiger partial charge in [0.25, 0.3) is 0 Å². The Labute approximate surface area is 90.6 Å². The molecular weight excluding hydrogens is 192 g/mol. The summed E-state index contributed by atoms with van der Waals surface area (Å²) < 4.78 is 0. The normalized spacial score (nSPS) is 30.3. The average molecular weight is 212 g/mol. The molecule has 0 aromatic heterocycles. The Hall–Kier alpha value is -0.610. The first-order valence-electron chi connectivity index (χ1n) is 5.95. The van der Waals surface area contributed by atoms with Gasteiger partial charge in [0.2, 0.25) is 0 Å². The van der Waals surface area contributed by atoms with E-state index in [1.54, 1.807) is 0 Å². The predicted molar refractivity (Wildman–Crippen MR) is 57.8 cm³/mol. The molecule has 0 saturated carbocycles. The summed E-state index contributed by atoms with van der Waals surface area (Å²) in [5, 5.41) is 12.4. The van der Waals surface area contributed by atoms with Crippen molar-refractivity contribution < 1.29 is 9.90 Å². The first-order valence-corrected chi connectivity index (χ1v) is 5.95. The molecule has 0 spiro atoms. The van der Waals surface area contributed by atoms with Crippen LogP contribution in [0.25, 0.3) is 0 Å². The van der Waals surface area contributed by atoms with E-state index in [0.29, 0.717) is 6.04 Å². The number of piperidine rings is 2. The topological polar surface area (TPSA) is 52.6 Å². The van der Waals surface area contributed by atoms with Gasteiger partial charge in [0.15, 0.2) is 0 Å². The Balaban J connectivity index is 1.88. The Bertz CT molecular complexity index is 227. The molecule has 0 radical (unpaired) electrons. The van der Waals surface area contributed by atoms with Crippen molar-refractivity contribution >= 4 is 5.97 Å². The van der Waals surface area contributed by atoms with Crippen LogP contribution in [0.15, 0.2) is 0 Å². The highest BCUT2D eigenvalue weighted by Crippen LogP contribution is 2.22. The van der Waals surface area contributed by atoms with Crippen LogP contribution in [0.3, 0.4) is 0 Å². The molecule has 0 aromatic carbocycles. The number of hydrogen-bond acceptors (Lipinski definition) is 3. The maximum atomic E-state index is 10.9. The summed E-state index contributed by atoms with van der Waals surface area (Å²) in [5.41, 5.74) is 0. The molecule has 4 heteroatoms. The second kappa shape index (κ2) is 4.94. The molecule has 0 amide bonds. The first kappa shape index (κ1) is 10.9. The fraction of sp³-hybridized carbons (Fsp3) is 0.909. The van der Waals surface area contributed by atoms with E-state index in [0.717, 1.165) is 39.0 Å². The zero-order valence-electron chi connectivity index (χ0n) is 9.11. The molecule has 2 aliphatic rings. The van der Waals surface area contributed by atoms with E-state index in [1.165, 1.54) is 12.8 Å². The molecule has 1 atom stereocenters. The van der Waals surface area contributed by atoms with Gasteiger partial charge in [-0.05, 0) is 45.3 Å². The SMILES string of the molecule is O=C(O)[C@@H]1CCCN(C2CCNCC2)C1. The van der Waals surface area contributed by atoms with Crippen LogP contribution in [0.5, 0.6) is 0 Å². The maximum Gasteiger partial charge on any atom is 0.307 e. The van der Waals surface area contributed by atoms with Gasteiger partial charge in [0, 0.05) is 12.6 Å². The van der Waals surface area contributed by atoms with E-state index in [2.05, 4.69) is 10.2 Å². The molecule has 0 aromatic rings. The number of carboxylic acids is 1. The lowest BCUT2D eigenvalue weighted by Gasteiger charge is -2.39. The number of hydrogen-bond donors (Lipinski definition) is 2. The predicted octanol–water partition coefficient (Wildman–Crippen LogP) is 0.535. The van der Waals surface area contributed by atoms with Crippen LogP contribution in [0.4, 0.5) is 0 Å². The highest BCUT2D eigenvalue weighted by Gasteiger charge is 2.29. The summed E-state index contributed by atoms with van der Waals surface area (Å²) >= 11 is 0. The lowest BCUT2D eigenvalue weighted by atomic mass is 9.94. The third kappa shape index (κ3) is 2.69. The summed E-state index contributed by atoms with van der Waals surface area (Å²) in [4.78, 5) is 13.3. The summed E-state index contributed by atoms with van der Waals surface area (Å²) in [5.74, 6) is -0.748. The standard InChI is InChI=1S/C11H20N2O2/c14-11(15)9-2-1-7-13(8-9)10-3-5-12-6-4-10/h9-10,12H,1-8H2,(H,14,15)/t9-/m1/s1. The molecule has 0 aliphatic carbocycles. The van der Waals surface area contributed by atoms with E-state index >= 15 is 0 Å². The van der Waals surface area contributed by atoms with Gasteiger partial charge in [0.1, 0.15) is 0 Å². The van der Waals surface area contributed by atoms with Gasteiger partial charge in [0.05, 0.1) is 5.92 Å². The lowest BCUT2D eigenvalue weighted by Crippen LogP contribution is -2.48. The van der Waals surface area contributed by atoms with Gasteiger partial charge in [-0.1, -0.05) is 0 Å². The van der Waals surface area contributed by atoms with Crippen molar-refractivity contribution in [1.29, 1.82) is 0 Å². The molecule has 4 nitrogen and oxygen atoms in total. The van der Waals surface area contributed by atoms with Crippen molar-refractivity contribution in [2.24, 2.45) is 5.92 Å². The van der Waals surface area contributed by atoms with Crippen LogP contribution in [0, 0.1) is 5.92 Å². The molecule has 2 heterocycles. The molecule has 2 N–H and O–H groups in total. The fourth-order valence-corrected chi connectivity index (χ4v) is 2.71. The van der Waals surface area contributed by atoms with Crippen molar-refractivity contribution in [3.63, 3.8) is 0 Å².